The number of amidine groups is 1. The first-order valence-corrected chi connectivity index (χ1v) is 7.46. The first-order valence-electron chi connectivity index (χ1n) is 6.24. The van der Waals surface area contributed by atoms with Gasteiger partial charge in [-0.1, -0.05) is 59.8 Å². The third kappa shape index (κ3) is 4.45. The molecule has 98 valence electrons. The van der Waals surface area contributed by atoms with E-state index in [2.05, 4.69) is 41.5 Å². The van der Waals surface area contributed by atoms with E-state index >= 15 is 0 Å². The molecule has 2 nitrogen and oxygen atoms in total. The summed E-state index contributed by atoms with van der Waals surface area (Å²) in [5, 5.41) is 4.26. The van der Waals surface area contributed by atoms with E-state index in [1.165, 1.54) is 11.1 Å². The molecule has 0 amide bonds. The molecular formula is C16H18N2S. The summed E-state index contributed by atoms with van der Waals surface area (Å²) in [6.07, 6.45) is 2.03. The SMILES string of the molecule is CSC(=NCc1ccc(C)cc1)Nc1ccccc1. The van der Waals surface area contributed by atoms with Gasteiger partial charge in [0.2, 0.25) is 0 Å². The Morgan fingerprint density at radius 3 is 2.37 bits per heavy atom. The van der Waals surface area contributed by atoms with Crippen molar-refractivity contribution in [1.82, 2.24) is 0 Å². The topological polar surface area (TPSA) is 24.4 Å². The number of para-hydroxylation sites is 1. The Bertz CT molecular complexity index is 532. The fourth-order valence-electron chi connectivity index (χ4n) is 1.66. The molecule has 3 heteroatoms. The summed E-state index contributed by atoms with van der Waals surface area (Å²) in [6.45, 7) is 2.80. The number of thioether (sulfide) groups is 1. The highest BCUT2D eigenvalue weighted by Crippen LogP contribution is 2.11. The van der Waals surface area contributed by atoms with Gasteiger partial charge in [-0.2, -0.15) is 0 Å². The van der Waals surface area contributed by atoms with Crippen molar-refractivity contribution < 1.29 is 0 Å². The lowest BCUT2D eigenvalue weighted by atomic mass is 10.1. The van der Waals surface area contributed by atoms with Crippen LogP contribution < -0.4 is 5.32 Å². The van der Waals surface area contributed by atoms with Crippen molar-refractivity contribution in [2.75, 3.05) is 11.6 Å². The number of aryl methyl sites for hydroxylation is 1. The summed E-state index contributed by atoms with van der Waals surface area (Å²) in [4.78, 5) is 4.61. The summed E-state index contributed by atoms with van der Waals surface area (Å²) >= 11 is 1.63. The lowest BCUT2D eigenvalue weighted by Crippen LogP contribution is -2.07. The predicted octanol–water partition coefficient (Wildman–Crippen LogP) is 4.33. The van der Waals surface area contributed by atoms with E-state index in [1.807, 2.05) is 36.6 Å². The molecule has 0 spiro atoms. The van der Waals surface area contributed by atoms with Crippen LogP contribution in [0, 0.1) is 6.92 Å². The van der Waals surface area contributed by atoms with Gasteiger partial charge in [-0.25, -0.2) is 0 Å². The van der Waals surface area contributed by atoms with E-state index in [1.54, 1.807) is 11.8 Å². The van der Waals surface area contributed by atoms with E-state index < -0.39 is 0 Å². The van der Waals surface area contributed by atoms with Crippen LogP contribution >= 0.6 is 11.8 Å². The van der Waals surface area contributed by atoms with Crippen molar-refractivity contribution in [3.8, 4) is 0 Å². The van der Waals surface area contributed by atoms with Crippen LogP contribution in [0.2, 0.25) is 0 Å². The van der Waals surface area contributed by atoms with Crippen LogP contribution in [0.25, 0.3) is 0 Å². The quantitative estimate of drug-likeness (QED) is 0.663. The van der Waals surface area contributed by atoms with Crippen LogP contribution in [-0.4, -0.2) is 11.4 Å². The fraction of sp³-hybridized carbons (Fsp3) is 0.188. The first-order chi connectivity index (χ1) is 9.28. The molecule has 19 heavy (non-hydrogen) atoms. The molecule has 2 aromatic rings. The molecule has 0 aliphatic carbocycles. The third-order valence-electron chi connectivity index (χ3n) is 2.74. The Morgan fingerprint density at radius 1 is 1.05 bits per heavy atom. The van der Waals surface area contributed by atoms with Crippen molar-refractivity contribution in [3.05, 3.63) is 65.7 Å². The minimum atomic E-state index is 0.705. The van der Waals surface area contributed by atoms with Crippen molar-refractivity contribution >= 4 is 22.6 Å². The van der Waals surface area contributed by atoms with E-state index in [0.717, 1.165) is 10.9 Å². The number of aliphatic imine (C=N–C) groups is 1. The standard InChI is InChI=1S/C16H18N2S/c1-13-8-10-14(11-9-13)12-17-16(19-2)18-15-6-4-3-5-7-15/h3-11H,12H2,1-2H3,(H,17,18). The van der Waals surface area contributed by atoms with Crippen molar-refractivity contribution in [2.24, 2.45) is 4.99 Å². The molecule has 2 aromatic carbocycles. The number of benzene rings is 2. The molecule has 0 unspecified atom stereocenters. The number of nitrogens with zero attached hydrogens (tertiary/aromatic N) is 1. The molecule has 0 aliphatic rings. The second kappa shape index (κ2) is 7.00. The molecule has 1 N–H and O–H groups in total. The van der Waals surface area contributed by atoms with Gasteiger partial charge in [0.25, 0.3) is 0 Å². The highest BCUT2D eigenvalue weighted by molar-refractivity contribution is 8.13. The van der Waals surface area contributed by atoms with Gasteiger partial charge in [0, 0.05) is 5.69 Å². The largest absolute Gasteiger partial charge is 0.335 e. The van der Waals surface area contributed by atoms with Crippen molar-refractivity contribution in [3.63, 3.8) is 0 Å². The Labute approximate surface area is 119 Å². The molecular weight excluding hydrogens is 252 g/mol. The zero-order valence-corrected chi connectivity index (χ0v) is 12.1. The second-order valence-corrected chi connectivity index (χ2v) is 5.10. The number of rotatable bonds is 3. The zero-order valence-electron chi connectivity index (χ0n) is 11.3. The van der Waals surface area contributed by atoms with Crippen LogP contribution in [0.5, 0.6) is 0 Å². The average molecular weight is 270 g/mol. The third-order valence-corrected chi connectivity index (χ3v) is 3.36. The van der Waals surface area contributed by atoms with Crippen LogP contribution in [-0.2, 0) is 6.54 Å². The zero-order chi connectivity index (χ0) is 13.5. The van der Waals surface area contributed by atoms with Crippen LogP contribution in [0.4, 0.5) is 5.69 Å². The molecule has 2 rings (SSSR count). The second-order valence-electron chi connectivity index (χ2n) is 4.30. The normalized spacial score (nSPS) is 11.4. The number of hydrogen-bond acceptors (Lipinski definition) is 2. The van der Waals surface area contributed by atoms with Gasteiger partial charge >= 0.3 is 0 Å². The summed E-state index contributed by atoms with van der Waals surface area (Å²) in [7, 11) is 0. The maximum atomic E-state index is 4.61. The minimum Gasteiger partial charge on any atom is -0.335 e. The van der Waals surface area contributed by atoms with Gasteiger partial charge in [-0.05, 0) is 30.9 Å². The monoisotopic (exact) mass is 270 g/mol. The van der Waals surface area contributed by atoms with E-state index in [9.17, 15) is 0 Å². The first kappa shape index (κ1) is 13.7. The summed E-state index contributed by atoms with van der Waals surface area (Å²) in [5.74, 6) is 0. The minimum absolute atomic E-state index is 0.705. The number of anilines is 1. The predicted molar refractivity (Wildman–Crippen MR) is 85.9 cm³/mol. The summed E-state index contributed by atoms with van der Waals surface area (Å²) < 4.78 is 0. The molecule has 0 saturated heterocycles. The lowest BCUT2D eigenvalue weighted by molar-refractivity contribution is 1.07. The molecule has 0 radical (unpaired) electrons. The van der Waals surface area contributed by atoms with E-state index in [-0.39, 0.29) is 0 Å². The molecule has 0 fully saturated rings. The Balaban J connectivity index is 2.01. The molecule has 0 aromatic heterocycles. The number of nitrogens with one attached hydrogen (secondary N) is 1. The maximum Gasteiger partial charge on any atom is 0.161 e. The highest BCUT2D eigenvalue weighted by Gasteiger charge is 1.98. The lowest BCUT2D eigenvalue weighted by Gasteiger charge is -2.07. The van der Waals surface area contributed by atoms with Gasteiger partial charge in [-0.3, -0.25) is 4.99 Å². The Hall–Kier alpha value is -1.74. The van der Waals surface area contributed by atoms with Gasteiger partial charge in [0.15, 0.2) is 5.17 Å². The van der Waals surface area contributed by atoms with E-state index in [0.29, 0.717) is 6.54 Å². The number of hydrogen-bond donors (Lipinski definition) is 1. The maximum absolute atomic E-state index is 4.61. The fourth-order valence-corrected chi connectivity index (χ4v) is 2.07. The van der Waals surface area contributed by atoms with E-state index in [4.69, 9.17) is 0 Å². The Morgan fingerprint density at radius 2 is 1.74 bits per heavy atom. The van der Waals surface area contributed by atoms with Crippen molar-refractivity contribution in [2.45, 2.75) is 13.5 Å². The van der Waals surface area contributed by atoms with Crippen LogP contribution in [0.3, 0.4) is 0 Å². The highest BCUT2D eigenvalue weighted by atomic mass is 32.2. The summed E-state index contributed by atoms with van der Waals surface area (Å²) in [5.41, 5.74) is 3.58. The molecule has 0 heterocycles. The van der Waals surface area contributed by atoms with Gasteiger partial charge < -0.3 is 5.32 Å². The van der Waals surface area contributed by atoms with Crippen LogP contribution in [0.15, 0.2) is 59.6 Å². The smallest absolute Gasteiger partial charge is 0.161 e. The molecule has 0 saturated carbocycles. The molecule has 0 bridgehead atoms. The van der Waals surface area contributed by atoms with Gasteiger partial charge in [-0.15, -0.1) is 0 Å². The van der Waals surface area contributed by atoms with Gasteiger partial charge in [0.05, 0.1) is 6.54 Å². The molecule has 0 aliphatic heterocycles. The van der Waals surface area contributed by atoms with Crippen LogP contribution in [0.1, 0.15) is 11.1 Å². The summed E-state index contributed by atoms with van der Waals surface area (Å²) in [6, 6.07) is 18.6. The average Bonchev–Trinajstić information content (AvgIpc) is 2.46. The Kier molecular flexibility index (Phi) is 5.04. The van der Waals surface area contributed by atoms with Crippen molar-refractivity contribution in [1.29, 1.82) is 0 Å². The molecule has 0 atom stereocenters. The van der Waals surface area contributed by atoms with Gasteiger partial charge in [0.1, 0.15) is 0 Å².